The van der Waals surface area contributed by atoms with E-state index >= 15 is 0 Å². The number of ether oxygens (including phenoxy) is 1. The van der Waals surface area contributed by atoms with Crippen molar-refractivity contribution in [3.8, 4) is 12.5 Å². The number of anilines is 1. The third-order valence-electron chi connectivity index (χ3n) is 4.11. The molecule has 3 aliphatic heterocycles. The van der Waals surface area contributed by atoms with Crippen molar-refractivity contribution in [3.63, 3.8) is 0 Å². The van der Waals surface area contributed by atoms with Crippen molar-refractivity contribution in [1.82, 2.24) is 14.9 Å². The quantitative estimate of drug-likeness (QED) is 0.301. The molecule has 3 fully saturated rings. The fourth-order valence-corrected chi connectivity index (χ4v) is 3.34. The van der Waals surface area contributed by atoms with Crippen molar-refractivity contribution >= 4 is 23.6 Å². The smallest absolute Gasteiger partial charge is 0.304 e. The van der Waals surface area contributed by atoms with Gasteiger partial charge in [0.1, 0.15) is 23.3 Å². The summed E-state index contributed by atoms with van der Waals surface area (Å²) in [5.41, 5.74) is 0. The molecule has 0 amide bonds. The number of hydrogen-bond donors (Lipinski definition) is 1. The van der Waals surface area contributed by atoms with Crippen LogP contribution < -0.4 is 5.32 Å². The number of piperidine rings is 3. The molecule has 0 radical (unpaired) electrons. The Hall–Kier alpha value is -1.78. The van der Waals surface area contributed by atoms with E-state index in [4.69, 9.17) is 11.2 Å². The number of hydrogen-bond acceptors (Lipinski definition) is 6. The van der Waals surface area contributed by atoms with E-state index in [2.05, 4.69) is 31.2 Å². The first-order chi connectivity index (χ1) is 10.8. The van der Waals surface area contributed by atoms with Crippen LogP contribution in [0.25, 0.3) is 0 Å². The van der Waals surface area contributed by atoms with Crippen LogP contribution in [-0.2, 0) is 4.74 Å². The highest BCUT2D eigenvalue weighted by Crippen LogP contribution is 2.29. The van der Waals surface area contributed by atoms with Gasteiger partial charge in [-0.1, -0.05) is 6.42 Å². The molecule has 1 aromatic heterocycles. The summed E-state index contributed by atoms with van der Waals surface area (Å²) in [6.45, 7) is 3.28. The highest BCUT2D eigenvalue weighted by atomic mass is 32.2. The Kier molecular flexibility index (Phi) is 4.80. The van der Waals surface area contributed by atoms with Crippen LogP contribution in [-0.4, -0.2) is 52.9 Å². The molecular weight excluding hydrogens is 298 g/mol. The highest BCUT2D eigenvalue weighted by Gasteiger charge is 2.36. The van der Waals surface area contributed by atoms with Crippen molar-refractivity contribution < 1.29 is 4.74 Å². The zero-order valence-electron chi connectivity index (χ0n) is 12.5. The Bertz CT molecular complexity index is 592. The third kappa shape index (κ3) is 3.51. The Morgan fingerprint density at radius 1 is 1.50 bits per heavy atom. The van der Waals surface area contributed by atoms with Crippen LogP contribution in [0.2, 0.25) is 0 Å². The molecule has 0 unspecified atom stereocenters. The number of nitrogens with zero attached hydrogens (tertiary/aromatic N) is 4. The summed E-state index contributed by atoms with van der Waals surface area (Å²) in [5, 5.41) is 3.94. The zero-order chi connectivity index (χ0) is 15.4. The molecular formula is C15H19N5OS. The number of aliphatic imine (C=N–C) groups is 1. The van der Waals surface area contributed by atoms with Gasteiger partial charge in [-0.2, -0.15) is 0 Å². The molecule has 2 bridgehead atoms. The summed E-state index contributed by atoms with van der Waals surface area (Å²) in [4.78, 5) is 14.7. The summed E-state index contributed by atoms with van der Waals surface area (Å²) < 4.78 is 6.03. The predicted molar refractivity (Wildman–Crippen MR) is 87.7 cm³/mol. The zero-order valence-corrected chi connectivity index (χ0v) is 13.3. The normalized spacial score (nSPS) is 27.3. The molecule has 6 nitrogen and oxygen atoms in total. The predicted octanol–water partition coefficient (Wildman–Crippen LogP) is 1.67. The molecule has 0 saturated carbocycles. The maximum atomic E-state index is 6.03. The Balaban J connectivity index is 1.68. The standard InChI is InChI=1S/C15H19N5OS/c1-3-16-15(19-13-8-14(22-2)18-10-17-13)21-12-9-20-6-4-11(12)5-7-20/h1,8,10-12H,4-7,9H2,2H3,(H,16,17,18,19)/t12-/m0/s1. The molecule has 1 N–H and O–H groups in total. The number of terminal acetylenes is 1. The monoisotopic (exact) mass is 317 g/mol. The van der Waals surface area contributed by atoms with Gasteiger partial charge in [0, 0.05) is 18.7 Å². The summed E-state index contributed by atoms with van der Waals surface area (Å²) in [5.74, 6) is 1.22. The van der Waals surface area contributed by atoms with Crippen LogP contribution in [0.15, 0.2) is 22.4 Å². The third-order valence-corrected chi connectivity index (χ3v) is 4.75. The van der Waals surface area contributed by atoms with Crippen molar-refractivity contribution in [3.05, 3.63) is 12.4 Å². The first-order valence-electron chi connectivity index (χ1n) is 7.34. The lowest BCUT2D eigenvalue weighted by Crippen LogP contribution is -2.52. The molecule has 1 aromatic rings. The van der Waals surface area contributed by atoms with Crippen LogP contribution in [0.1, 0.15) is 12.8 Å². The van der Waals surface area contributed by atoms with Crippen LogP contribution in [0, 0.1) is 18.4 Å². The molecule has 22 heavy (non-hydrogen) atoms. The van der Waals surface area contributed by atoms with E-state index in [0.29, 0.717) is 17.8 Å². The van der Waals surface area contributed by atoms with Crippen LogP contribution in [0.5, 0.6) is 0 Å². The average molecular weight is 317 g/mol. The molecule has 116 valence electrons. The number of amidine groups is 1. The minimum atomic E-state index is 0.143. The topological polar surface area (TPSA) is 62.6 Å². The number of fused-ring (bicyclic) bond motifs is 3. The molecule has 1 atom stereocenters. The number of thioether (sulfide) groups is 1. The van der Waals surface area contributed by atoms with E-state index in [0.717, 1.165) is 11.6 Å². The molecule has 7 heteroatoms. The van der Waals surface area contributed by atoms with E-state index in [-0.39, 0.29) is 6.10 Å². The molecule has 0 aliphatic carbocycles. The summed E-state index contributed by atoms with van der Waals surface area (Å²) in [6.07, 6.45) is 11.3. The second-order valence-corrected chi connectivity index (χ2v) is 6.24. The van der Waals surface area contributed by atoms with Gasteiger partial charge in [0.25, 0.3) is 0 Å². The van der Waals surface area contributed by atoms with Gasteiger partial charge in [0.2, 0.25) is 0 Å². The van der Waals surface area contributed by atoms with Crippen LogP contribution in [0.4, 0.5) is 5.82 Å². The lowest BCUT2D eigenvalue weighted by Gasteiger charge is -2.44. The van der Waals surface area contributed by atoms with E-state index in [9.17, 15) is 0 Å². The fraction of sp³-hybridized carbons (Fsp3) is 0.533. The minimum absolute atomic E-state index is 0.143. The van der Waals surface area contributed by atoms with Gasteiger partial charge >= 0.3 is 6.02 Å². The first-order valence-corrected chi connectivity index (χ1v) is 8.56. The van der Waals surface area contributed by atoms with E-state index < -0.39 is 0 Å². The summed E-state index contributed by atoms with van der Waals surface area (Å²) in [6, 6.07) is 4.47. The average Bonchev–Trinajstić information content (AvgIpc) is 2.56. The maximum absolute atomic E-state index is 6.03. The van der Waals surface area contributed by atoms with Gasteiger partial charge in [0.05, 0.1) is 0 Å². The Morgan fingerprint density at radius 3 is 2.95 bits per heavy atom. The molecule has 4 heterocycles. The van der Waals surface area contributed by atoms with Gasteiger partial charge in [-0.15, -0.1) is 16.8 Å². The van der Waals surface area contributed by atoms with E-state index in [1.807, 2.05) is 12.3 Å². The number of rotatable bonds is 3. The second kappa shape index (κ2) is 6.99. The van der Waals surface area contributed by atoms with Crippen molar-refractivity contribution in [1.29, 1.82) is 0 Å². The molecule has 0 aromatic carbocycles. The number of aromatic nitrogens is 2. The Labute approximate surface area is 134 Å². The van der Waals surface area contributed by atoms with Gasteiger partial charge in [-0.25, -0.2) is 9.97 Å². The van der Waals surface area contributed by atoms with Gasteiger partial charge in [-0.05, 0) is 38.1 Å². The van der Waals surface area contributed by atoms with E-state index in [1.54, 1.807) is 11.8 Å². The Morgan fingerprint density at radius 2 is 2.32 bits per heavy atom. The molecule has 3 saturated heterocycles. The lowest BCUT2D eigenvalue weighted by molar-refractivity contribution is -0.0145. The van der Waals surface area contributed by atoms with E-state index in [1.165, 1.54) is 32.3 Å². The first kappa shape index (κ1) is 15.1. The van der Waals surface area contributed by atoms with Crippen LogP contribution in [0.3, 0.4) is 0 Å². The fourth-order valence-electron chi connectivity index (χ4n) is 2.96. The van der Waals surface area contributed by atoms with Crippen molar-refractivity contribution in [2.75, 3.05) is 31.2 Å². The van der Waals surface area contributed by atoms with Gasteiger partial charge in [0.15, 0.2) is 0 Å². The van der Waals surface area contributed by atoms with Crippen molar-refractivity contribution in [2.24, 2.45) is 10.9 Å². The SMILES string of the molecule is C#CN=C(Nc1cc(SC)ncn1)O[C@H]1CN2CCC1CC2. The van der Waals surface area contributed by atoms with Gasteiger partial charge < -0.3 is 4.74 Å². The molecule has 3 aliphatic rings. The van der Waals surface area contributed by atoms with Crippen LogP contribution >= 0.6 is 11.8 Å². The largest absolute Gasteiger partial charge is 0.459 e. The lowest BCUT2D eigenvalue weighted by atomic mass is 9.86. The highest BCUT2D eigenvalue weighted by molar-refractivity contribution is 7.98. The minimum Gasteiger partial charge on any atom is -0.459 e. The number of nitrogens with one attached hydrogen (secondary N) is 1. The molecule has 4 rings (SSSR count). The van der Waals surface area contributed by atoms with Gasteiger partial charge in [-0.3, -0.25) is 10.2 Å². The summed E-state index contributed by atoms with van der Waals surface area (Å²) in [7, 11) is 0. The van der Waals surface area contributed by atoms with Crippen molar-refractivity contribution in [2.45, 2.75) is 24.0 Å². The second-order valence-electron chi connectivity index (χ2n) is 5.41. The molecule has 0 spiro atoms. The summed E-state index contributed by atoms with van der Waals surface area (Å²) >= 11 is 1.55. The maximum Gasteiger partial charge on any atom is 0.304 e.